The maximum atomic E-state index is 6.11. The summed E-state index contributed by atoms with van der Waals surface area (Å²) >= 11 is 1.71. The molecule has 0 atom stereocenters. The molecule has 0 unspecified atom stereocenters. The van der Waals surface area contributed by atoms with Crippen molar-refractivity contribution in [2.45, 2.75) is 46.6 Å². The summed E-state index contributed by atoms with van der Waals surface area (Å²) in [5, 5.41) is 1.03. The molecule has 0 saturated carbocycles. The third-order valence-corrected chi connectivity index (χ3v) is 4.76. The summed E-state index contributed by atoms with van der Waals surface area (Å²) < 4.78 is 0. The molecule has 0 fully saturated rings. The van der Waals surface area contributed by atoms with Crippen LogP contribution >= 0.6 is 11.3 Å². The molecule has 2 N–H and O–H groups in total. The van der Waals surface area contributed by atoms with E-state index in [0.29, 0.717) is 5.82 Å². The lowest BCUT2D eigenvalue weighted by atomic mass is 10.2. The predicted octanol–water partition coefficient (Wildman–Crippen LogP) is 3.51. The lowest BCUT2D eigenvalue weighted by Gasteiger charge is -2.15. The van der Waals surface area contributed by atoms with Gasteiger partial charge in [-0.15, -0.1) is 11.3 Å². The predicted molar refractivity (Wildman–Crippen MR) is 87.2 cm³/mol. The Morgan fingerprint density at radius 3 is 2.65 bits per heavy atom. The van der Waals surface area contributed by atoms with Gasteiger partial charge in [0.15, 0.2) is 0 Å². The fraction of sp³-hybridized carbons (Fsp3) is 0.600. The number of fused-ring (bicyclic) bond motifs is 1. The smallest absolute Gasteiger partial charge is 0.146 e. The van der Waals surface area contributed by atoms with E-state index in [1.165, 1.54) is 29.7 Å². The number of aryl methyl sites for hydroxylation is 2. The molecule has 2 aromatic heterocycles. The van der Waals surface area contributed by atoms with Crippen molar-refractivity contribution in [2.75, 3.05) is 19.3 Å². The zero-order chi connectivity index (χ0) is 14.7. The van der Waals surface area contributed by atoms with E-state index in [4.69, 9.17) is 5.73 Å². The summed E-state index contributed by atoms with van der Waals surface area (Å²) in [6.45, 7) is 8.26. The van der Waals surface area contributed by atoms with Crippen molar-refractivity contribution in [1.82, 2.24) is 14.9 Å². The standard InChI is InChI=1S/C15H24N4S/c1-5-6-7-8-19(4)9-12-17-14(16)13-10(2)11(3)20-15(13)18-12/h5-9H2,1-4H3,(H2,16,17,18). The minimum atomic E-state index is 0.619. The Bertz CT molecular complexity index is 591. The van der Waals surface area contributed by atoms with E-state index < -0.39 is 0 Å². The third kappa shape index (κ3) is 3.27. The van der Waals surface area contributed by atoms with Crippen molar-refractivity contribution in [3.63, 3.8) is 0 Å². The monoisotopic (exact) mass is 292 g/mol. The van der Waals surface area contributed by atoms with Gasteiger partial charge in [-0.05, 0) is 39.4 Å². The first-order valence-corrected chi connectivity index (χ1v) is 8.05. The van der Waals surface area contributed by atoms with Gasteiger partial charge >= 0.3 is 0 Å². The Morgan fingerprint density at radius 2 is 1.95 bits per heavy atom. The van der Waals surface area contributed by atoms with Crippen molar-refractivity contribution in [2.24, 2.45) is 0 Å². The Balaban J connectivity index is 2.15. The average Bonchev–Trinajstić information content (AvgIpc) is 2.65. The molecule has 5 heteroatoms. The molecule has 0 aliphatic rings. The number of nitrogens with zero attached hydrogens (tertiary/aromatic N) is 3. The van der Waals surface area contributed by atoms with Crippen molar-refractivity contribution >= 4 is 27.4 Å². The average molecular weight is 292 g/mol. The molecule has 2 aromatic rings. The van der Waals surface area contributed by atoms with Crippen LogP contribution in [0, 0.1) is 13.8 Å². The molecule has 0 bridgehead atoms. The van der Waals surface area contributed by atoms with Gasteiger partial charge in [-0.3, -0.25) is 4.90 Å². The number of nitrogens with two attached hydrogens (primary N) is 1. The summed E-state index contributed by atoms with van der Waals surface area (Å²) in [5.74, 6) is 1.45. The number of rotatable bonds is 6. The highest BCUT2D eigenvalue weighted by molar-refractivity contribution is 7.18. The first-order chi connectivity index (χ1) is 9.52. The maximum Gasteiger partial charge on any atom is 0.146 e. The normalized spacial score (nSPS) is 11.7. The second-order valence-corrected chi connectivity index (χ2v) is 6.64. The van der Waals surface area contributed by atoms with Gasteiger partial charge in [0.1, 0.15) is 16.5 Å². The minimum Gasteiger partial charge on any atom is -0.383 e. The molecule has 2 rings (SSSR count). The number of aromatic nitrogens is 2. The van der Waals surface area contributed by atoms with Gasteiger partial charge < -0.3 is 5.73 Å². The number of nitrogen functional groups attached to an aromatic ring is 1. The highest BCUT2D eigenvalue weighted by atomic mass is 32.1. The van der Waals surface area contributed by atoms with E-state index in [1.807, 2.05) is 0 Å². The summed E-state index contributed by atoms with van der Waals surface area (Å²) in [5.41, 5.74) is 7.32. The van der Waals surface area contributed by atoms with Crippen LogP contribution in [0.25, 0.3) is 10.2 Å². The highest BCUT2D eigenvalue weighted by Gasteiger charge is 2.13. The Kier molecular flexibility index (Phi) is 4.94. The lowest BCUT2D eigenvalue weighted by molar-refractivity contribution is 0.311. The fourth-order valence-corrected chi connectivity index (χ4v) is 3.41. The first kappa shape index (κ1) is 15.2. The van der Waals surface area contributed by atoms with Crippen molar-refractivity contribution in [1.29, 1.82) is 0 Å². The van der Waals surface area contributed by atoms with Crippen LogP contribution < -0.4 is 5.73 Å². The molecule has 0 amide bonds. The third-order valence-electron chi connectivity index (χ3n) is 3.66. The molecule has 110 valence electrons. The van der Waals surface area contributed by atoms with Crippen LogP contribution in [0.4, 0.5) is 5.82 Å². The molecule has 2 heterocycles. The summed E-state index contributed by atoms with van der Waals surface area (Å²) in [7, 11) is 2.12. The van der Waals surface area contributed by atoms with E-state index in [-0.39, 0.29) is 0 Å². The topological polar surface area (TPSA) is 55.0 Å². The van der Waals surface area contributed by atoms with Crippen LogP contribution in [0.15, 0.2) is 0 Å². The molecule has 0 aliphatic heterocycles. The highest BCUT2D eigenvalue weighted by Crippen LogP contribution is 2.31. The van der Waals surface area contributed by atoms with Crippen molar-refractivity contribution in [3.8, 4) is 0 Å². The van der Waals surface area contributed by atoms with Crippen LogP contribution in [0.2, 0.25) is 0 Å². The van der Waals surface area contributed by atoms with Crippen LogP contribution in [-0.2, 0) is 6.54 Å². The van der Waals surface area contributed by atoms with Gasteiger partial charge in [-0.25, -0.2) is 9.97 Å². The fourth-order valence-electron chi connectivity index (χ4n) is 2.35. The van der Waals surface area contributed by atoms with Crippen molar-refractivity contribution in [3.05, 3.63) is 16.3 Å². The summed E-state index contributed by atoms with van der Waals surface area (Å²) in [4.78, 5) is 13.7. The number of hydrogen-bond acceptors (Lipinski definition) is 5. The maximum absolute atomic E-state index is 6.11. The Labute approximate surface area is 125 Å². The molecule has 0 aliphatic carbocycles. The van der Waals surface area contributed by atoms with Crippen molar-refractivity contribution < 1.29 is 0 Å². The van der Waals surface area contributed by atoms with Crippen LogP contribution in [0.5, 0.6) is 0 Å². The summed E-state index contributed by atoms with van der Waals surface area (Å²) in [6.07, 6.45) is 3.74. The van der Waals surface area contributed by atoms with Gasteiger partial charge in [-0.2, -0.15) is 0 Å². The zero-order valence-electron chi connectivity index (χ0n) is 12.9. The van der Waals surface area contributed by atoms with E-state index in [1.54, 1.807) is 11.3 Å². The number of hydrogen-bond donors (Lipinski definition) is 1. The quantitative estimate of drug-likeness (QED) is 0.828. The molecule has 4 nitrogen and oxygen atoms in total. The van der Waals surface area contributed by atoms with Crippen LogP contribution in [-0.4, -0.2) is 28.5 Å². The molecular weight excluding hydrogens is 268 g/mol. The van der Waals surface area contributed by atoms with Crippen LogP contribution in [0.3, 0.4) is 0 Å². The number of unbranched alkanes of at least 4 members (excludes halogenated alkanes) is 2. The Hall–Kier alpha value is -1.20. The van der Waals surface area contributed by atoms with E-state index in [0.717, 1.165) is 29.1 Å². The number of anilines is 1. The molecular formula is C15H24N4S. The molecule has 20 heavy (non-hydrogen) atoms. The van der Waals surface area contributed by atoms with E-state index in [2.05, 4.69) is 42.7 Å². The van der Waals surface area contributed by atoms with E-state index in [9.17, 15) is 0 Å². The summed E-state index contributed by atoms with van der Waals surface area (Å²) in [6, 6.07) is 0. The first-order valence-electron chi connectivity index (χ1n) is 7.23. The molecule has 0 aromatic carbocycles. The molecule has 0 radical (unpaired) electrons. The number of thiophene rings is 1. The van der Waals surface area contributed by atoms with Crippen LogP contribution in [0.1, 0.15) is 42.5 Å². The Morgan fingerprint density at radius 1 is 1.20 bits per heavy atom. The van der Waals surface area contributed by atoms with Gasteiger partial charge in [0.25, 0.3) is 0 Å². The lowest BCUT2D eigenvalue weighted by Crippen LogP contribution is -2.20. The second kappa shape index (κ2) is 6.50. The molecule has 0 saturated heterocycles. The van der Waals surface area contributed by atoms with Gasteiger partial charge in [0.05, 0.1) is 11.9 Å². The van der Waals surface area contributed by atoms with Gasteiger partial charge in [0, 0.05) is 4.88 Å². The largest absolute Gasteiger partial charge is 0.383 e. The minimum absolute atomic E-state index is 0.619. The van der Waals surface area contributed by atoms with E-state index >= 15 is 0 Å². The van der Waals surface area contributed by atoms with Gasteiger partial charge in [-0.1, -0.05) is 19.8 Å². The molecule has 0 spiro atoms. The zero-order valence-corrected chi connectivity index (χ0v) is 13.7. The second-order valence-electron chi connectivity index (χ2n) is 5.43. The van der Waals surface area contributed by atoms with Gasteiger partial charge in [0.2, 0.25) is 0 Å². The SMILES string of the molecule is CCCCCN(C)Cc1nc(N)c2c(C)c(C)sc2n1.